The molecule has 5 fully saturated rings. The number of carbonyl (C=O) groups is 1. The first-order chi connectivity index (χ1) is 13.2. The summed E-state index contributed by atoms with van der Waals surface area (Å²) >= 11 is 0. The molecule has 2 N–H and O–H groups in total. The Hall–Kier alpha value is -1.43. The van der Waals surface area contributed by atoms with E-state index < -0.39 is 0 Å². The number of hydrogen-bond donors (Lipinski definition) is 2. The van der Waals surface area contributed by atoms with E-state index in [-0.39, 0.29) is 6.04 Å². The highest BCUT2D eigenvalue weighted by molar-refractivity contribution is 5.83. The van der Waals surface area contributed by atoms with Gasteiger partial charge < -0.3 is 4.90 Å². The molecular formula is C22H32N4O. The summed E-state index contributed by atoms with van der Waals surface area (Å²) in [7, 11) is 0. The number of amides is 1. The van der Waals surface area contributed by atoms with Gasteiger partial charge in [-0.2, -0.15) is 0 Å². The van der Waals surface area contributed by atoms with Gasteiger partial charge >= 0.3 is 0 Å². The van der Waals surface area contributed by atoms with E-state index in [0.717, 1.165) is 13.0 Å². The van der Waals surface area contributed by atoms with Crippen molar-refractivity contribution in [2.75, 3.05) is 19.6 Å². The van der Waals surface area contributed by atoms with E-state index in [1.54, 1.807) is 0 Å². The van der Waals surface area contributed by atoms with Crippen LogP contribution in [0.15, 0.2) is 30.3 Å². The summed E-state index contributed by atoms with van der Waals surface area (Å²) in [4.78, 5) is 18.6. The van der Waals surface area contributed by atoms with Gasteiger partial charge in [0.25, 0.3) is 0 Å². The number of nitrogens with one attached hydrogen (secondary N) is 2. The lowest BCUT2D eigenvalue weighted by Crippen LogP contribution is -2.62. The van der Waals surface area contributed by atoms with Crippen LogP contribution in [0.1, 0.15) is 44.6 Å². The van der Waals surface area contributed by atoms with Crippen molar-refractivity contribution in [3.63, 3.8) is 0 Å². The van der Waals surface area contributed by atoms with Crippen LogP contribution in [-0.2, 0) is 4.79 Å². The predicted octanol–water partition coefficient (Wildman–Crippen LogP) is 1.97. The maximum absolute atomic E-state index is 13.6. The molecule has 3 unspecified atom stereocenters. The number of benzene rings is 1. The van der Waals surface area contributed by atoms with Crippen molar-refractivity contribution in [1.29, 1.82) is 0 Å². The van der Waals surface area contributed by atoms with E-state index in [4.69, 9.17) is 0 Å². The van der Waals surface area contributed by atoms with Gasteiger partial charge in [0.2, 0.25) is 5.91 Å². The highest BCUT2D eigenvalue weighted by Gasteiger charge is 2.56. The molecule has 1 aromatic carbocycles. The minimum Gasteiger partial charge on any atom is -0.336 e. The normalized spacial score (nSPS) is 43.1. The second kappa shape index (κ2) is 6.87. The number of carbonyl (C=O) groups excluding carboxylic acids is 1. The maximum Gasteiger partial charge on any atom is 0.241 e. The Kier molecular flexibility index (Phi) is 4.49. The molecule has 0 aliphatic carbocycles. The molecule has 0 saturated carbocycles. The number of fused-ring (bicyclic) bond motifs is 2. The number of rotatable bonds is 3. The summed E-state index contributed by atoms with van der Waals surface area (Å²) in [5, 5.41) is 0. The lowest BCUT2D eigenvalue weighted by molar-refractivity contribution is -0.138. The Morgan fingerprint density at radius 3 is 2.52 bits per heavy atom. The van der Waals surface area contributed by atoms with E-state index >= 15 is 0 Å². The maximum atomic E-state index is 13.6. The first-order valence-electron chi connectivity index (χ1n) is 10.8. The van der Waals surface area contributed by atoms with Crippen LogP contribution in [0.2, 0.25) is 0 Å². The van der Waals surface area contributed by atoms with Crippen molar-refractivity contribution < 1.29 is 4.79 Å². The summed E-state index contributed by atoms with van der Waals surface area (Å²) in [5.41, 5.74) is 8.07. The fraction of sp³-hybridized carbons (Fsp3) is 0.682. The van der Waals surface area contributed by atoms with E-state index in [2.05, 4.69) is 64.8 Å². The van der Waals surface area contributed by atoms with Gasteiger partial charge in [0.05, 0.1) is 6.04 Å². The van der Waals surface area contributed by atoms with Gasteiger partial charge in [0, 0.05) is 24.5 Å². The number of hydrazine groups is 1. The molecule has 27 heavy (non-hydrogen) atoms. The average molecular weight is 369 g/mol. The second-order valence-corrected chi connectivity index (χ2v) is 9.00. The molecule has 5 aliphatic rings. The first kappa shape index (κ1) is 17.7. The summed E-state index contributed by atoms with van der Waals surface area (Å²) in [6.07, 6.45) is 3.54. The molecule has 2 bridgehead atoms. The first-order valence-corrected chi connectivity index (χ1v) is 10.8. The predicted molar refractivity (Wildman–Crippen MR) is 106 cm³/mol. The van der Waals surface area contributed by atoms with Crippen molar-refractivity contribution in [3.8, 4) is 0 Å². The Morgan fingerprint density at radius 2 is 1.85 bits per heavy atom. The zero-order chi connectivity index (χ0) is 18.5. The molecular weight excluding hydrogens is 336 g/mol. The molecule has 5 saturated heterocycles. The fourth-order valence-corrected chi connectivity index (χ4v) is 6.30. The van der Waals surface area contributed by atoms with Crippen LogP contribution in [0.3, 0.4) is 0 Å². The van der Waals surface area contributed by atoms with Gasteiger partial charge in [-0.15, -0.1) is 0 Å². The SMILES string of the molecule is CCC1NNC(C(=O)N2C[C@H](c3ccccc3)[C@@H]3[C@H]2C2CCN3CC2)C1C. The number of piperidine rings is 3. The molecule has 0 spiro atoms. The number of nitrogens with zero attached hydrogens (tertiary/aromatic N) is 2. The van der Waals surface area contributed by atoms with E-state index in [1.807, 2.05) is 0 Å². The smallest absolute Gasteiger partial charge is 0.241 e. The molecule has 0 aromatic heterocycles. The van der Waals surface area contributed by atoms with Crippen LogP contribution >= 0.6 is 0 Å². The Bertz CT molecular complexity index is 687. The third-order valence-corrected chi connectivity index (χ3v) is 7.80. The van der Waals surface area contributed by atoms with Gasteiger partial charge in [0.1, 0.15) is 6.04 Å². The average Bonchev–Trinajstić information content (AvgIpc) is 3.31. The van der Waals surface area contributed by atoms with Crippen LogP contribution in [0.5, 0.6) is 0 Å². The van der Waals surface area contributed by atoms with Crippen LogP contribution < -0.4 is 10.9 Å². The van der Waals surface area contributed by atoms with Crippen molar-refractivity contribution in [2.45, 2.75) is 63.2 Å². The van der Waals surface area contributed by atoms with Crippen molar-refractivity contribution in [1.82, 2.24) is 20.7 Å². The van der Waals surface area contributed by atoms with Crippen molar-refractivity contribution in [3.05, 3.63) is 35.9 Å². The lowest BCUT2D eigenvalue weighted by Gasteiger charge is -2.51. The fourth-order valence-electron chi connectivity index (χ4n) is 6.30. The van der Waals surface area contributed by atoms with E-state index in [9.17, 15) is 4.79 Å². The Labute approximate surface area is 162 Å². The number of hydrogen-bond acceptors (Lipinski definition) is 4. The van der Waals surface area contributed by atoms with Crippen LogP contribution in [-0.4, -0.2) is 59.5 Å². The summed E-state index contributed by atoms with van der Waals surface area (Å²) in [5.74, 6) is 1.75. The summed E-state index contributed by atoms with van der Waals surface area (Å²) in [6, 6.07) is 12.1. The monoisotopic (exact) mass is 368 g/mol. The van der Waals surface area contributed by atoms with Gasteiger partial charge in [-0.3, -0.25) is 15.1 Å². The van der Waals surface area contributed by atoms with E-state index in [1.165, 1.54) is 31.5 Å². The molecule has 0 radical (unpaired) electrons. The zero-order valence-corrected chi connectivity index (χ0v) is 16.5. The standard InChI is InChI=1S/C22H32N4O/c1-3-18-14(2)19(24-23-18)22(27)26-13-17(15-7-5-4-6-8-15)21-20(26)16-9-11-25(21)12-10-16/h4-8,14,16-21,23-24H,3,9-13H2,1-2H3/t14?,17-,18?,19?,20-,21-/m1/s1. The number of likely N-dealkylation sites (tertiary alicyclic amines) is 1. The molecule has 1 aromatic rings. The third kappa shape index (κ3) is 2.74. The minimum absolute atomic E-state index is 0.0967. The second-order valence-electron chi connectivity index (χ2n) is 9.00. The van der Waals surface area contributed by atoms with Crippen molar-refractivity contribution >= 4 is 5.91 Å². The van der Waals surface area contributed by atoms with Crippen LogP contribution in [0.25, 0.3) is 0 Å². The molecule has 6 atom stereocenters. The van der Waals surface area contributed by atoms with Crippen LogP contribution in [0.4, 0.5) is 0 Å². The zero-order valence-electron chi connectivity index (χ0n) is 16.5. The Morgan fingerprint density at radius 1 is 1.11 bits per heavy atom. The molecule has 5 heterocycles. The summed E-state index contributed by atoms with van der Waals surface area (Å²) in [6.45, 7) is 7.67. The van der Waals surface area contributed by atoms with Crippen LogP contribution in [0, 0.1) is 11.8 Å². The molecule has 1 amide bonds. The van der Waals surface area contributed by atoms with Gasteiger partial charge in [-0.1, -0.05) is 44.2 Å². The molecule has 146 valence electrons. The van der Waals surface area contributed by atoms with Gasteiger partial charge in [0.15, 0.2) is 0 Å². The van der Waals surface area contributed by atoms with Gasteiger partial charge in [-0.25, -0.2) is 5.43 Å². The largest absolute Gasteiger partial charge is 0.336 e. The molecule has 5 nitrogen and oxygen atoms in total. The Balaban J connectivity index is 1.45. The molecule has 5 heteroatoms. The third-order valence-electron chi connectivity index (χ3n) is 7.80. The summed E-state index contributed by atoms with van der Waals surface area (Å²) < 4.78 is 0. The van der Waals surface area contributed by atoms with Gasteiger partial charge in [-0.05, 0) is 49.8 Å². The lowest BCUT2D eigenvalue weighted by atomic mass is 9.75. The molecule has 5 aliphatic heterocycles. The van der Waals surface area contributed by atoms with E-state index in [0.29, 0.717) is 41.8 Å². The quantitative estimate of drug-likeness (QED) is 0.856. The highest BCUT2D eigenvalue weighted by atomic mass is 16.2. The van der Waals surface area contributed by atoms with Crippen molar-refractivity contribution in [2.24, 2.45) is 11.8 Å². The highest BCUT2D eigenvalue weighted by Crippen LogP contribution is 2.47. The minimum atomic E-state index is -0.0967. The molecule has 6 rings (SSSR count). The topological polar surface area (TPSA) is 47.6 Å².